The van der Waals surface area contributed by atoms with Gasteiger partial charge in [0, 0.05) is 13.8 Å². The highest BCUT2D eigenvalue weighted by atomic mass is 15.2. The second-order valence-corrected chi connectivity index (χ2v) is 8.17. The summed E-state index contributed by atoms with van der Waals surface area (Å²) in [6.45, 7) is 13.8. The summed E-state index contributed by atoms with van der Waals surface area (Å²) >= 11 is 0. The van der Waals surface area contributed by atoms with Gasteiger partial charge in [0.05, 0.1) is 5.41 Å². The zero-order valence-electron chi connectivity index (χ0n) is 15.6. The summed E-state index contributed by atoms with van der Waals surface area (Å²) in [6.07, 6.45) is 5.39. The molecule has 2 nitrogen and oxygen atoms in total. The molecule has 0 amide bonds. The van der Waals surface area contributed by atoms with Gasteiger partial charge in [-0.25, -0.2) is 4.57 Å². The van der Waals surface area contributed by atoms with Crippen LogP contribution in [0.2, 0.25) is 0 Å². The fourth-order valence-electron chi connectivity index (χ4n) is 4.18. The van der Waals surface area contributed by atoms with Crippen LogP contribution in [0.5, 0.6) is 0 Å². The Morgan fingerprint density at radius 3 is 2.17 bits per heavy atom. The number of nitrogens with zero attached hydrogens (tertiary/aromatic N) is 2. The second kappa shape index (κ2) is 5.81. The smallest absolute Gasteiger partial charge is 0.228 e. The molecule has 2 aromatic rings. The molecule has 0 saturated heterocycles. The lowest BCUT2D eigenvalue weighted by Gasteiger charge is -2.21. The Bertz CT molecular complexity index is 710. The third-order valence-corrected chi connectivity index (χ3v) is 5.38. The van der Waals surface area contributed by atoms with Crippen molar-refractivity contribution in [1.82, 2.24) is 4.57 Å². The Kier molecular flexibility index (Phi) is 4.12. The number of hydrogen-bond acceptors (Lipinski definition) is 0. The van der Waals surface area contributed by atoms with Crippen LogP contribution in [0, 0.1) is 20.8 Å². The van der Waals surface area contributed by atoms with E-state index in [-0.39, 0.29) is 5.41 Å². The minimum atomic E-state index is 0.115. The molecular formula is C21H31N2+. The average Bonchev–Trinajstić information content (AvgIpc) is 3.07. The lowest BCUT2D eigenvalue weighted by molar-refractivity contribution is -0.736. The summed E-state index contributed by atoms with van der Waals surface area (Å²) < 4.78 is 5.18. The molecule has 0 unspecified atom stereocenters. The predicted octanol–water partition coefficient (Wildman–Crippen LogP) is 5.10. The van der Waals surface area contributed by atoms with Gasteiger partial charge in [-0.3, -0.25) is 0 Å². The SMILES string of the molecule is Cc1ccccc1-n1c(C)c(C)[n+](C2CCCC2)c1C(C)(C)C. The first-order valence-corrected chi connectivity index (χ1v) is 9.02. The standard InChI is InChI=1S/C21H31N2/c1-15-11-7-10-14-19(15)23-17(3)16(2)22(18-12-8-9-13-18)20(23)21(4,5)6/h7,10-11,14,18H,8-9,12-13H2,1-6H3/q+1. The fraction of sp³-hybridized carbons (Fsp3) is 0.571. The maximum atomic E-state index is 2.66. The van der Waals surface area contributed by atoms with Crippen LogP contribution in [0.15, 0.2) is 24.3 Å². The molecule has 0 radical (unpaired) electrons. The maximum absolute atomic E-state index is 2.66. The van der Waals surface area contributed by atoms with Crippen molar-refractivity contribution in [1.29, 1.82) is 0 Å². The Hall–Kier alpha value is -1.57. The highest BCUT2D eigenvalue weighted by Gasteiger charge is 2.39. The third-order valence-electron chi connectivity index (χ3n) is 5.38. The predicted molar refractivity (Wildman–Crippen MR) is 96.4 cm³/mol. The number of imidazole rings is 1. The molecule has 0 aliphatic heterocycles. The first kappa shape index (κ1) is 16.3. The first-order valence-electron chi connectivity index (χ1n) is 9.02. The Morgan fingerprint density at radius 1 is 1.00 bits per heavy atom. The van der Waals surface area contributed by atoms with E-state index in [4.69, 9.17) is 0 Å². The molecule has 23 heavy (non-hydrogen) atoms. The van der Waals surface area contributed by atoms with Crippen molar-refractivity contribution in [3.63, 3.8) is 0 Å². The minimum Gasteiger partial charge on any atom is -0.228 e. The molecule has 0 N–H and O–H groups in total. The van der Waals surface area contributed by atoms with Gasteiger partial charge in [0.25, 0.3) is 5.82 Å². The number of aryl methyl sites for hydroxylation is 1. The first-order chi connectivity index (χ1) is 10.8. The molecule has 1 aromatic heterocycles. The topological polar surface area (TPSA) is 8.81 Å². The minimum absolute atomic E-state index is 0.115. The van der Waals surface area contributed by atoms with Gasteiger partial charge in [-0.1, -0.05) is 18.2 Å². The molecule has 1 aromatic carbocycles. The van der Waals surface area contributed by atoms with Gasteiger partial charge in [0.15, 0.2) is 0 Å². The van der Waals surface area contributed by atoms with E-state index in [2.05, 4.69) is 74.9 Å². The van der Waals surface area contributed by atoms with Crippen LogP contribution in [0.3, 0.4) is 0 Å². The van der Waals surface area contributed by atoms with Gasteiger partial charge in [0.2, 0.25) is 0 Å². The number of rotatable bonds is 2. The van der Waals surface area contributed by atoms with Crippen molar-refractivity contribution in [3.05, 3.63) is 47.0 Å². The van der Waals surface area contributed by atoms with E-state index in [9.17, 15) is 0 Å². The van der Waals surface area contributed by atoms with E-state index in [1.54, 1.807) is 0 Å². The van der Waals surface area contributed by atoms with Crippen molar-refractivity contribution < 1.29 is 4.57 Å². The highest BCUT2D eigenvalue weighted by Crippen LogP contribution is 2.33. The van der Waals surface area contributed by atoms with Crippen molar-refractivity contribution in [3.8, 4) is 5.69 Å². The van der Waals surface area contributed by atoms with Crippen LogP contribution >= 0.6 is 0 Å². The van der Waals surface area contributed by atoms with E-state index in [0.29, 0.717) is 6.04 Å². The molecule has 1 saturated carbocycles. The van der Waals surface area contributed by atoms with Gasteiger partial charge in [-0.15, -0.1) is 0 Å². The van der Waals surface area contributed by atoms with Gasteiger partial charge >= 0.3 is 0 Å². The maximum Gasteiger partial charge on any atom is 0.267 e. The van der Waals surface area contributed by atoms with E-state index < -0.39 is 0 Å². The summed E-state index contributed by atoms with van der Waals surface area (Å²) in [7, 11) is 0. The summed E-state index contributed by atoms with van der Waals surface area (Å²) in [5, 5.41) is 0. The van der Waals surface area contributed by atoms with E-state index in [1.807, 2.05) is 0 Å². The fourth-order valence-corrected chi connectivity index (χ4v) is 4.18. The van der Waals surface area contributed by atoms with Crippen molar-refractivity contribution >= 4 is 0 Å². The molecule has 0 bridgehead atoms. The van der Waals surface area contributed by atoms with Crippen LogP contribution in [0.1, 0.15) is 75.3 Å². The van der Waals surface area contributed by atoms with Gasteiger partial charge in [-0.05, 0) is 65.0 Å². The number of aromatic nitrogens is 2. The van der Waals surface area contributed by atoms with E-state index in [0.717, 1.165) is 0 Å². The molecule has 3 rings (SSSR count). The monoisotopic (exact) mass is 311 g/mol. The van der Waals surface area contributed by atoms with Crippen molar-refractivity contribution in [2.45, 2.75) is 78.7 Å². The largest absolute Gasteiger partial charge is 0.267 e. The van der Waals surface area contributed by atoms with Gasteiger partial charge in [-0.2, -0.15) is 4.57 Å². The molecule has 0 atom stereocenters. The number of para-hydroxylation sites is 1. The molecule has 2 heteroatoms. The quantitative estimate of drug-likeness (QED) is 0.682. The van der Waals surface area contributed by atoms with Gasteiger partial charge in [0.1, 0.15) is 23.1 Å². The van der Waals surface area contributed by atoms with Gasteiger partial charge < -0.3 is 0 Å². The van der Waals surface area contributed by atoms with Crippen molar-refractivity contribution in [2.24, 2.45) is 0 Å². The summed E-state index contributed by atoms with van der Waals surface area (Å²) in [6, 6.07) is 9.44. The zero-order chi connectivity index (χ0) is 16.8. The molecular weight excluding hydrogens is 280 g/mol. The van der Waals surface area contributed by atoms with E-state index >= 15 is 0 Å². The summed E-state index contributed by atoms with van der Waals surface area (Å²) in [5.74, 6) is 1.45. The molecule has 124 valence electrons. The zero-order valence-corrected chi connectivity index (χ0v) is 15.6. The number of benzene rings is 1. The molecule has 1 heterocycles. The Labute approximate surface area is 141 Å². The Balaban J connectivity index is 2.32. The lowest BCUT2D eigenvalue weighted by Crippen LogP contribution is -2.47. The normalized spacial score (nSPS) is 16.3. The number of hydrogen-bond donors (Lipinski definition) is 0. The molecule has 0 spiro atoms. The van der Waals surface area contributed by atoms with Crippen LogP contribution in [-0.2, 0) is 5.41 Å². The molecule has 1 fully saturated rings. The Morgan fingerprint density at radius 2 is 1.61 bits per heavy atom. The molecule has 1 aliphatic rings. The van der Waals surface area contributed by atoms with E-state index in [1.165, 1.54) is 54.1 Å². The average molecular weight is 311 g/mol. The van der Waals surface area contributed by atoms with Crippen molar-refractivity contribution in [2.75, 3.05) is 0 Å². The second-order valence-electron chi connectivity index (χ2n) is 8.17. The van der Waals surface area contributed by atoms with Crippen LogP contribution < -0.4 is 4.57 Å². The molecule has 1 aliphatic carbocycles. The third kappa shape index (κ3) is 2.73. The highest BCUT2D eigenvalue weighted by molar-refractivity contribution is 5.43. The summed E-state index contributed by atoms with van der Waals surface area (Å²) in [5.41, 5.74) is 5.61. The summed E-state index contributed by atoms with van der Waals surface area (Å²) in [4.78, 5) is 0. The lowest BCUT2D eigenvalue weighted by atomic mass is 9.94. The van der Waals surface area contributed by atoms with Crippen LogP contribution in [-0.4, -0.2) is 4.57 Å². The van der Waals surface area contributed by atoms with Crippen LogP contribution in [0.4, 0.5) is 0 Å². The van der Waals surface area contributed by atoms with Crippen LogP contribution in [0.25, 0.3) is 5.69 Å².